The fourth-order valence-corrected chi connectivity index (χ4v) is 2.96. The number of nitrogens with one attached hydrogen (secondary N) is 1. The number of hydrogen-bond acceptors (Lipinski definition) is 5. The zero-order chi connectivity index (χ0) is 16.4. The first-order valence-corrected chi connectivity index (χ1v) is 8.02. The average Bonchev–Trinajstić information content (AvgIpc) is 3.26. The highest BCUT2D eigenvalue weighted by Crippen LogP contribution is 2.26. The van der Waals surface area contributed by atoms with Crippen LogP contribution in [0, 0.1) is 5.92 Å². The lowest BCUT2D eigenvalue weighted by Crippen LogP contribution is -2.38. The van der Waals surface area contributed by atoms with E-state index >= 15 is 0 Å². The van der Waals surface area contributed by atoms with E-state index in [-0.39, 0.29) is 5.92 Å². The maximum Gasteiger partial charge on any atom is 0.401 e. The Kier molecular flexibility index (Phi) is 4.61. The van der Waals surface area contributed by atoms with Gasteiger partial charge in [-0.05, 0) is 18.8 Å². The first-order valence-electron chi connectivity index (χ1n) is 8.02. The van der Waals surface area contributed by atoms with Crippen molar-refractivity contribution in [2.45, 2.75) is 32.0 Å². The molecule has 1 unspecified atom stereocenters. The number of nitrogens with zero attached hydrogens (tertiary/aromatic N) is 4. The molecule has 2 heterocycles. The molecule has 3 rings (SSSR count). The molecule has 1 aliphatic carbocycles. The van der Waals surface area contributed by atoms with Gasteiger partial charge in [-0.3, -0.25) is 4.90 Å². The molecule has 2 fully saturated rings. The van der Waals surface area contributed by atoms with Crippen molar-refractivity contribution in [3.8, 4) is 0 Å². The minimum atomic E-state index is -4.15. The molecule has 0 bridgehead atoms. The number of aromatic nitrogens is 2. The van der Waals surface area contributed by atoms with Crippen LogP contribution in [0.15, 0.2) is 12.4 Å². The third-order valence-corrected chi connectivity index (χ3v) is 4.10. The number of halogens is 3. The first kappa shape index (κ1) is 16.3. The first-order chi connectivity index (χ1) is 10.9. The molecule has 1 N–H and O–H groups in total. The van der Waals surface area contributed by atoms with Crippen molar-refractivity contribution in [3.05, 3.63) is 12.4 Å². The summed E-state index contributed by atoms with van der Waals surface area (Å²) in [7, 11) is 0. The van der Waals surface area contributed by atoms with Gasteiger partial charge < -0.3 is 10.2 Å². The summed E-state index contributed by atoms with van der Waals surface area (Å²) in [6.45, 7) is 3.22. The Bertz CT molecular complexity index is 532. The molecule has 1 atom stereocenters. The van der Waals surface area contributed by atoms with Gasteiger partial charge in [0.1, 0.15) is 18.0 Å². The predicted molar refractivity (Wildman–Crippen MR) is 82.5 cm³/mol. The highest BCUT2D eigenvalue weighted by Gasteiger charge is 2.33. The zero-order valence-corrected chi connectivity index (χ0v) is 13.2. The summed E-state index contributed by atoms with van der Waals surface area (Å²) in [5.41, 5.74) is 0. The molecule has 2 aliphatic rings. The molecule has 0 radical (unpaired) electrons. The number of rotatable bonds is 4. The summed E-state index contributed by atoms with van der Waals surface area (Å²) in [6, 6.07) is 2.40. The van der Waals surface area contributed by atoms with Crippen LogP contribution in [0.3, 0.4) is 0 Å². The SMILES string of the molecule is CC1CN(CC(F)(F)F)CCN(c2cc(NC3CC3)ncn2)C1. The van der Waals surface area contributed by atoms with Crippen LogP contribution < -0.4 is 10.2 Å². The van der Waals surface area contributed by atoms with Crippen molar-refractivity contribution < 1.29 is 13.2 Å². The van der Waals surface area contributed by atoms with Crippen LogP contribution in [0.1, 0.15) is 19.8 Å². The molecule has 1 aromatic rings. The molecule has 1 saturated carbocycles. The van der Waals surface area contributed by atoms with Gasteiger partial charge in [-0.25, -0.2) is 9.97 Å². The molecule has 1 saturated heterocycles. The van der Waals surface area contributed by atoms with Crippen LogP contribution in [-0.4, -0.2) is 59.8 Å². The topological polar surface area (TPSA) is 44.3 Å². The summed E-state index contributed by atoms with van der Waals surface area (Å²) in [5.74, 6) is 1.72. The Hall–Kier alpha value is -1.57. The molecule has 5 nitrogen and oxygen atoms in total. The van der Waals surface area contributed by atoms with Crippen LogP contribution in [0.4, 0.5) is 24.8 Å². The standard InChI is InChI=1S/C15H22F3N5/c1-11-7-22(9-15(16,17)18)4-5-23(8-11)14-6-13(19-10-20-14)21-12-2-3-12/h6,10-12H,2-5,7-9H2,1H3,(H,19,20,21). The minimum Gasteiger partial charge on any atom is -0.367 e. The summed E-state index contributed by atoms with van der Waals surface area (Å²) in [5, 5.41) is 3.33. The van der Waals surface area contributed by atoms with E-state index in [0.717, 1.165) is 24.5 Å². The van der Waals surface area contributed by atoms with E-state index in [0.29, 0.717) is 32.2 Å². The van der Waals surface area contributed by atoms with Crippen molar-refractivity contribution in [2.75, 3.05) is 42.9 Å². The molecular weight excluding hydrogens is 307 g/mol. The minimum absolute atomic E-state index is 0.148. The number of hydrogen-bond donors (Lipinski definition) is 1. The smallest absolute Gasteiger partial charge is 0.367 e. The maximum absolute atomic E-state index is 12.6. The average molecular weight is 329 g/mol. The zero-order valence-electron chi connectivity index (χ0n) is 13.2. The summed E-state index contributed by atoms with van der Waals surface area (Å²) in [6.07, 6.45) is -0.312. The Balaban J connectivity index is 1.65. The normalized spacial score (nSPS) is 23.7. The van der Waals surface area contributed by atoms with Gasteiger partial charge in [-0.1, -0.05) is 6.92 Å². The largest absolute Gasteiger partial charge is 0.401 e. The number of anilines is 2. The van der Waals surface area contributed by atoms with Gasteiger partial charge in [0.15, 0.2) is 0 Å². The number of alkyl halides is 3. The molecule has 0 spiro atoms. The van der Waals surface area contributed by atoms with Gasteiger partial charge >= 0.3 is 6.18 Å². The molecule has 1 aromatic heterocycles. The Morgan fingerprint density at radius 2 is 2.00 bits per heavy atom. The lowest BCUT2D eigenvalue weighted by molar-refractivity contribution is -0.146. The molecule has 128 valence electrons. The highest BCUT2D eigenvalue weighted by molar-refractivity contribution is 5.49. The lowest BCUT2D eigenvalue weighted by atomic mass is 10.1. The second kappa shape index (κ2) is 6.51. The van der Waals surface area contributed by atoms with Crippen molar-refractivity contribution in [1.29, 1.82) is 0 Å². The van der Waals surface area contributed by atoms with E-state index in [9.17, 15) is 13.2 Å². The van der Waals surface area contributed by atoms with E-state index in [1.54, 1.807) is 0 Å². The highest BCUT2D eigenvalue weighted by atomic mass is 19.4. The van der Waals surface area contributed by atoms with E-state index in [1.165, 1.54) is 11.2 Å². The van der Waals surface area contributed by atoms with Crippen molar-refractivity contribution >= 4 is 11.6 Å². The molecule has 0 aromatic carbocycles. The second-order valence-corrected chi connectivity index (χ2v) is 6.58. The van der Waals surface area contributed by atoms with E-state index in [2.05, 4.69) is 20.2 Å². The fraction of sp³-hybridized carbons (Fsp3) is 0.733. The maximum atomic E-state index is 12.6. The van der Waals surface area contributed by atoms with Crippen molar-refractivity contribution in [3.63, 3.8) is 0 Å². The van der Waals surface area contributed by atoms with Gasteiger partial charge in [-0.15, -0.1) is 0 Å². The van der Waals surface area contributed by atoms with Crippen LogP contribution in [-0.2, 0) is 0 Å². The Morgan fingerprint density at radius 3 is 2.70 bits per heavy atom. The second-order valence-electron chi connectivity index (χ2n) is 6.58. The van der Waals surface area contributed by atoms with Crippen molar-refractivity contribution in [2.24, 2.45) is 5.92 Å². The van der Waals surface area contributed by atoms with Gasteiger partial charge in [0, 0.05) is 38.3 Å². The third kappa shape index (κ3) is 4.95. The molecule has 8 heteroatoms. The monoisotopic (exact) mass is 329 g/mol. The molecule has 0 amide bonds. The van der Waals surface area contributed by atoms with Gasteiger partial charge in [0.2, 0.25) is 0 Å². The van der Waals surface area contributed by atoms with Gasteiger partial charge in [0.25, 0.3) is 0 Å². The van der Waals surface area contributed by atoms with Crippen LogP contribution in [0.25, 0.3) is 0 Å². The lowest BCUT2D eigenvalue weighted by Gasteiger charge is -2.23. The summed E-state index contributed by atoms with van der Waals surface area (Å²) < 4.78 is 37.8. The van der Waals surface area contributed by atoms with E-state index in [4.69, 9.17) is 0 Å². The van der Waals surface area contributed by atoms with Crippen molar-refractivity contribution in [1.82, 2.24) is 14.9 Å². The molecular formula is C15H22F3N5. The summed E-state index contributed by atoms with van der Waals surface area (Å²) in [4.78, 5) is 12.1. The van der Waals surface area contributed by atoms with Crippen LogP contribution >= 0.6 is 0 Å². The molecule has 1 aliphatic heterocycles. The van der Waals surface area contributed by atoms with Gasteiger partial charge in [-0.2, -0.15) is 13.2 Å². The molecule has 23 heavy (non-hydrogen) atoms. The Labute approximate surface area is 133 Å². The third-order valence-electron chi connectivity index (χ3n) is 4.10. The summed E-state index contributed by atoms with van der Waals surface area (Å²) >= 11 is 0. The van der Waals surface area contributed by atoms with Crippen LogP contribution in [0.5, 0.6) is 0 Å². The predicted octanol–water partition coefficient (Wildman–Crippen LogP) is 2.37. The fourth-order valence-electron chi connectivity index (χ4n) is 2.96. The Morgan fingerprint density at radius 1 is 1.22 bits per heavy atom. The van der Waals surface area contributed by atoms with E-state index < -0.39 is 12.7 Å². The van der Waals surface area contributed by atoms with Gasteiger partial charge in [0.05, 0.1) is 6.54 Å². The van der Waals surface area contributed by atoms with Crippen LogP contribution in [0.2, 0.25) is 0 Å². The van der Waals surface area contributed by atoms with E-state index in [1.807, 2.05) is 13.0 Å². The quantitative estimate of drug-likeness (QED) is 0.919.